The Bertz CT molecular complexity index is 730. The van der Waals surface area contributed by atoms with Gasteiger partial charge in [-0.25, -0.2) is 5.43 Å². The van der Waals surface area contributed by atoms with Gasteiger partial charge < -0.3 is 9.47 Å². The van der Waals surface area contributed by atoms with Gasteiger partial charge in [-0.1, -0.05) is 18.7 Å². The number of thiophene rings is 1. The summed E-state index contributed by atoms with van der Waals surface area (Å²) in [5, 5.41) is 5.82. The van der Waals surface area contributed by atoms with Crippen molar-refractivity contribution in [2.24, 2.45) is 5.10 Å². The van der Waals surface area contributed by atoms with Gasteiger partial charge in [0.05, 0.1) is 22.2 Å². The van der Waals surface area contributed by atoms with E-state index in [2.05, 4.69) is 33.0 Å². The molecule has 0 radical (unpaired) electrons. The highest BCUT2D eigenvalue weighted by molar-refractivity contribution is 9.10. The average Bonchev–Trinajstić information content (AvgIpc) is 3.09. The van der Waals surface area contributed by atoms with Crippen LogP contribution in [0.2, 0.25) is 0 Å². The second-order valence-electron chi connectivity index (χ2n) is 4.54. The van der Waals surface area contributed by atoms with Gasteiger partial charge in [0.15, 0.2) is 11.5 Å². The number of nitrogens with zero attached hydrogens (tertiary/aromatic N) is 1. The Balaban J connectivity index is 2.13. The third-order valence-corrected chi connectivity index (χ3v) is 4.26. The molecule has 0 spiro atoms. The van der Waals surface area contributed by atoms with Crippen LogP contribution in [0.4, 0.5) is 0 Å². The summed E-state index contributed by atoms with van der Waals surface area (Å²) in [5.41, 5.74) is 3.26. The van der Waals surface area contributed by atoms with Crippen LogP contribution in [0.3, 0.4) is 0 Å². The number of carbonyl (C=O) groups is 1. The summed E-state index contributed by atoms with van der Waals surface area (Å²) < 4.78 is 12.0. The first kappa shape index (κ1) is 18.2. The number of hydrazone groups is 1. The molecule has 2 aromatic rings. The van der Waals surface area contributed by atoms with Crippen molar-refractivity contribution in [2.45, 2.75) is 6.92 Å². The molecule has 7 heteroatoms. The zero-order chi connectivity index (χ0) is 17.4. The fraction of sp³-hybridized carbons (Fsp3) is 0.176. The summed E-state index contributed by atoms with van der Waals surface area (Å²) in [6.45, 7) is 6.42. The number of nitrogens with one attached hydrogen (secondary N) is 1. The molecular weight excluding hydrogens is 392 g/mol. The molecule has 0 unspecified atom stereocenters. The highest BCUT2D eigenvalue weighted by Gasteiger charge is 2.11. The van der Waals surface area contributed by atoms with Crippen molar-refractivity contribution in [2.75, 3.05) is 13.2 Å². The summed E-state index contributed by atoms with van der Waals surface area (Å²) in [5.74, 6) is 0.965. The van der Waals surface area contributed by atoms with E-state index in [1.54, 1.807) is 24.4 Å². The number of amides is 1. The van der Waals surface area contributed by atoms with Gasteiger partial charge in [0.1, 0.15) is 6.61 Å². The van der Waals surface area contributed by atoms with Crippen LogP contribution in [-0.4, -0.2) is 25.3 Å². The molecule has 0 aliphatic heterocycles. The fourth-order valence-electron chi connectivity index (χ4n) is 1.84. The number of hydrogen-bond acceptors (Lipinski definition) is 5. The molecule has 0 bridgehead atoms. The van der Waals surface area contributed by atoms with Crippen molar-refractivity contribution in [1.82, 2.24) is 5.43 Å². The Morgan fingerprint density at radius 2 is 2.29 bits per heavy atom. The Hall–Kier alpha value is -2.12. The lowest BCUT2D eigenvalue weighted by atomic mass is 10.2. The van der Waals surface area contributed by atoms with E-state index in [0.717, 1.165) is 10.0 Å². The van der Waals surface area contributed by atoms with Crippen molar-refractivity contribution >= 4 is 39.4 Å². The van der Waals surface area contributed by atoms with Crippen LogP contribution in [0.15, 0.2) is 51.9 Å². The molecule has 126 valence electrons. The minimum atomic E-state index is -0.240. The van der Waals surface area contributed by atoms with Gasteiger partial charge in [-0.2, -0.15) is 5.10 Å². The summed E-state index contributed by atoms with van der Waals surface area (Å²) in [4.78, 5) is 12.4. The van der Waals surface area contributed by atoms with Gasteiger partial charge >= 0.3 is 0 Å². The lowest BCUT2D eigenvalue weighted by molar-refractivity contribution is 0.0959. The summed E-state index contributed by atoms with van der Waals surface area (Å²) >= 11 is 4.82. The van der Waals surface area contributed by atoms with Crippen LogP contribution in [0.25, 0.3) is 0 Å². The van der Waals surface area contributed by atoms with Crippen molar-refractivity contribution in [3.05, 3.63) is 57.2 Å². The van der Waals surface area contributed by atoms with Gasteiger partial charge in [0.2, 0.25) is 0 Å². The maximum absolute atomic E-state index is 11.8. The topological polar surface area (TPSA) is 59.9 Å². The Morgan fingerprint density at radius 1 is 1.46 bits per heavy atom. The molecule has 1 aromatic carbocycles. The third-order valence-electron chi connectivity index (χ3n) is 2.80. The molecule has 24 heavy (non-hydrogen) atoms. The number of ether oxygens (including phenoxy) is 2. The number of hydrogen-bond donors (Lipinski definition) is 1. The van der Waals surface area contributed by atoms with Crippen LogP contribution in [-0.2, 0) is 0 Å². The Labute approximate surface area is 153 Å². The van der Waals surface area contributed by atoms with Crippen LogP contribution >= 0.6 is 27.3 Å². The van der Waals surface area contributed by atoms with Crippen LogP contribution in [0.1, 0.15) is 22.2 Å². The molecule has 1 aromatic heterocycles. The first-order chi connectivity index (χ1) is 11.7. The highest BCUT2D eigenvalue weighted by Crippen LogP contribution is 2.36. The van der Waals surface area contributed by atoms with E-state index in [1.165, 1.54) is 11.3 Å². The normalized spacial score (nSPS) is 10.6. The quantitative estimate of drug-likeness (QED) is 0.403. The SMILES string of the molecule is C=CCOc1c(Br)cc(/C=N\NC(=O)c2cccs2)cc1OCC. The first-order valence-corrected chi connectivity index (χ1v) is 8.90. The summed E-state index contributed by atoms with van der Waals surface area (Å²) in [6.07, 6.45) is 3.22. The van der Waals surface area contributed by atoms with Crippen molar-refractivity contribution in [1.29, 1.82) is 0 Å². The summed E-state index contributed by atoms with van der Waals surface area (Å²) in [6, 6.07) is 7.19. The van der Waals surface area contributed by atoms with Gasteiger partial charge in [0, 0.05) is 0 Å². The molecular formula is C17H17BrN2O3S. The van der Waals surface area contributed by atoms with Crippen molar-refractivity contribution < 1.29 is 14.3 Å². The summed E-state index contributed by atoms with van der Waals surface area (Å²) in [7, 11) is 0. The lowest BCUT2D eigenvalue weighted by Gasteiger charge is -2.13. The van der Waals surface area contributed by atoms with Crippen molar-refractivity contribution in [3.63, 3.8) is 0 Å². The minimum absolute atomic E-state index is 0.240. The van der Waals surface area contributed by atoms with E-state index in [9.17, 15) is 4.79 Å². The molecule has 5 nitrogen and oxygen atoms in total. The molecule has 1 heterocycles. The standard InChI is InChI=1S/C17H17BrN2O3S/c1-3-7-23-16-13(18)9-12(10-14(16)22-4-2)11-19-20-17(21)15-6-5-8-24-15/h3,5-6,8-11H,1,4,7H2,2H3,(H,20,21)/b19-11-. The predicted octanol–water partition coefficient (Wildman–Crippen LogP) is 4.24. The molecule has 0 fully saturated rings. The number of rotatable bonds is 8. The van der Waals surface area contributed by atoms with E-state index < -0.39 is 0 Å². The number of halogens is 1. The zero-order valence-corrected chi connectivity index (χ0v) is 15.5. The smallest absolute Gasteiger partial charge is 0.281 e. The van der Waals surface area contributed by atoms with Crippen LogP contribution < -0.4 is 14.9 Å². The molecule has 0 aliphatic carbocycles. The van der Waals surface area contributed by atoms with Crippen LogP contribution in [0.5, 0.6) is 11.5 Å². The number of carbonyl (C=O) groups excluding carboxylic acids is 1. The highest BCUT2D eigenvalue weighted by atomic mass is 79.9. The molecule has 0 saturated heterocycles. The van der Waals surface area contributed by atoms with E-state index in [0.29, 0.717) is 29.6 Å². The van der Waals surface area contributed by atoms with Gasteiger partial charge in [-0.3, -0.25) is 4.79 Å². The monoisotopic (exact) mass is 408 g/mol. The maximum Gasteiger partial charge on any atom is 0.281 e. The largest absolute Gasteiger partial charge is 0.490 e. The number of benzene rings is 1. The predicted molar refractivity (Wildman–Crippen MR) is 100 cm³/mol. The molecule has 0 saturated carbocycles. The third kappa shape index (κ3) is 4.94. The van der Waals surface area contributed by atoms with E-state index in [1.807, 2.05) is 24.4 Å². The molecule has 1 amide bonds. The van der Waals surface area contributed by atoms with E-state index >= 15 is 0 Å². The van der Waals surface area contributed by atoms with Gasteiger partial charge in [0.25, 0.3) is 5.91 Å². The Morgan fingerprint density at radius 3 is 2.96 bits per heavy atom. The second kappa shape index (κ2) is 9.24. The Kier molecular flexibility index (Phi) is 7.02. The molecule has 1 N–H and O–H groups in total. The average molecular weight is 409 g/mol. The van der Waals surface area contributed by atoms with Crippen molar-refractivity contribution in [3.8, 4) is 11.5 Å². The zero-order valence-electron chi connectivity index (χ0n) is 13.1. The fourth-order valence-corrected chi connectivity index (χ4v) is 3.02. The molecule has 0 atom stereocenters. The molecule has 0 aliphatic rings. The van der Waals surface area contributed by atoms with Crippen LogP contribution in [0, 0.1) is 0 Å². The first-order valence-electron chi connectivity index (χ1n) is 7.22. The molecule has 2 rings (SSSR count). The lowest BCUT2D eigenvalue weighted by Crippen LogP contribution is -2.16. The minimum Gasteiger partial charge on any atom is -0.490 e. The van der Waals surface area contributed by atoms with E-state index in [4.69, 9.17) is 9.47 Å². The maximum atomic E-state index is 11.8. The van der Waals surface area contributed by atoms with E-state index in [-0.39, 0.29) is 5.91 Å². The van der Waals surface area contributed by atoms with Gasteiger partial charge in [-0.15, -0.1) is 11.3 Å². The second-order valence-corrected chi connectivity index (χ2v) is 6.34. The van der Waals surface area contributed by atoms with Gasteiger partial charge in [-0.05, 0) is 52.0 Å².